The van der Waals surface area contributed by atoms with Gasteiger partial charge in [0.05, 0.1) is 11.1 Å². The Labute approximate surface area is 206 Å². The Morgan fingerprint density at radius 2 is 1.81 bits per heavy atom. The number of benzene rings is 2. The largest absolute Gasteiger partial charge is 0.355 e. The highest BCUT2D eigenvalue weighted by Crippen LogP contribution is 2.28. The molecule has 2 aliphatic rings. The summed E-state index contributed by atoms with van der Waals surface area (Å²) in [5.41, 5.74) is 2.17. The summed E-state index contributed by atoms with van der Waals surface area (Å²) >= 11 is 0. The third-order valence-electron chi connectivity index (χ3n) is 6.04. The highest BCUT2D eigenvalue weighted by atomic mass is 16.2. The van der Waals surface area contributed by atoms with Crippen LogP contribution in [0.1, 0.15) is 55.9 Å². The van der Waals surface area contributed by atoms with Crippen LogP contribution < -0.4 is 21.3 Å². The fourth-order valence-electron chi connectivity index (χ4n) is 4.23. The van der Waals surface area contributed by atoms with Crippen molar-refractivity contribution in [2.45, 2.75) is 31.7 Å². The highest BCUT2D eigenvalue weighted by molar-refractivity contribution is 6.23. The van der Waals surface area contributed by atoms with Crippen LogP contribution in [0, 0.1) is 0 Å². The third kappa shape index (κ3) is 5.09. The second-order valence-electron chi connectivity index (χ2n) is 8.47. The number of carbonyl (C=O) groups excluding carboxylic acids is 6. The van der Waals surface area contributed by atoms with Crippen LogP contribution in [0.2, 0.25) is 0 Å². The van der Waals surface area contributed by atoms with Crippen LogP contribution in [0.25, 0.3) is 0 Å². The topological polar surface area (TPSA) is 154 Å². The number of nitrogens with one attached hydrogen (secondary N) is 4. The number of amides is 7. The van der Waals surface area contributed by atoms with Crippen molar-refractivity contribution in [1.82, 2.24) is 20.9 Å². The molecule has 4 N–H and O–H groups in total. The first-order valence-electron chi connectivity index (χ1n) is 11.5. The highest BCUT2D eigenvalue weighted by Gasteiger charge is 2.44. The van der Waals surface area contributed by atoms with E-state index >= 15 is 0 Å². The van der Waals surface area contributed by atoms with E-state index < -0.39 is 35.7 Å². The van der Waals surface area contributed by atoms with E-state index in [9.17, 15) is 28.8 Å². The number of anilines is 1. The summed E-state index contributed by atoms with van der Waals surface area (Å²) in [5.74, 6) is -2.42. The summed E-state index contributed by atoms with van der Waals surface area (Å²) in [6.45, 7) is 0.354. The minimum Gasteiger partial charge on any atom is -0.355 e. The number of hydrogen-bond donors (Lipinski definition) is 4. The van der Waals surface area contributed by atoms with Crippen molar-refractivity contribution >= 4 is 41.3 Å². The molecule has 186 valence electrons. The average molecular weight is 492 g/mol. The van der Waals surface area contributed by atoms with Gasteiger partial charge in [-0.3, -0.25) is 34.2 Å². The van der Waals surface area contributed by atoms with E-state index in [0.717, 1.165) is 10.5 Å². The smallest absolute Gasteiger partial charge is 0.319 e. The molecule has 0 radical (unpaired) electrons. The molecule has 2 aromatic rings. The van der Waals surface area contributed by atoms with Crippen molar-refractivity contribution in [3.05, 3.63) is 64.7 Å². The zero-order chi connectivity index (χ0) is 25.8. The van der Waals surface area contributed by atoms with Gasteiger partial charge < -0.3 is 16.0 Å². The summed E-state index contributed by atoms with van der Waals surface area (Å²) in [5, 5.41) is 10.1. The number of urea groups is 1. The quantitative estimate of drug-likeness (QED) is 0.337. The molecular weight excluding hydrogens is 466 g/mol. The Kier molecular flexibility index (Phi) is 7.09. The zero-order valence-electron chi connectivity index (χ0n) is 19.6. The average Bonchev–Trinajstić information content (AvgIpc) is 3.11. The van der Waals surface area contributed by atoms with Gasteiger partial charge in [0, 0.05) is 31.3 Å². The molecule has 1 atom stereocenters. The Bertz CT molecular complexity index is 1270. The van der Waals surface area contributed by atoms with Crippen molar-refractivity contribution < 1.29 is 28.8 Å². The number of hydrogen-bond acceptors (Lipinski definition) is 6. The van der Waals surface area contributed by atoms with E-state index in [0.29, 0.717) is 30.6 Å². The summed E-state index contributed by atoms with van der Waals surface area (Å²) in [6, 6.07) is 10.1. The van der Waals surface area contributed by atoms with Crippen LogP contribution in [0.3, 0.4) is 0 Å². The Balaban J connectivity index is 1.30. The molecule has 4 rings (SSSR count). The monoisotopic (exact) mass is 491 g/mol. The summed E-state index contributed by atoms with van der Waals surface area (Å²) in [4.78, 5) is 74.1. The molecular formula is C25H25N5O6. The normalized spacial score (nSPS) is 16.9. The number of carbonyl (C=O) groups is 6. The maximum absolute atomic E-state index is 12.9. The summed E-state index contributed by atoms with van der Waals surface area (Å²) in [7, 11) is 1.53. The third-order valence-corrected chi connectivity index (χ3v) is 6.04. The fourth-order valence-corrected chi connectivity index (χ4v) is 4.23. The first kappa shape index (κ1) is 24.6. The molecule has 36 heavy (non-hydrogen) atoms. The molecule has 11 nitrogen and oxygen atoms in total. The number of aryl methyl sites for hydroxylation is 1. The van der Waals surface area contributed by atoms with E-state index in [4.69, 9.17) is 0 Å². The van der Waals surface area contributed by atoms with Gasteiger partial charge in [0.25, 0.3) is 17.7 Å². The van der Waals surface area contributed by atoms with Gasteiger partial charge >= 0.3 is 6.03 Å². The van der Waals surface area contributed by atoms with Crippen LogP contribution in [-0.2, 0) is 16.0 Å². The molecule has 0 bridgehead atoms. The van der Waals surface area contributed by atoms with E-state index in [1.165, 1.54) is 7.05 Å². The molecule has 11 heteroatoms. The molecule has 0 spiro atoms. The Hall–Kier alpha value is -4.54. The lowest BCUT2D eigenvalue weighted by atomic mass is 10.0. The lowest BCUT2D eigenvalue weighted by molar-refractivity contribution is -0.136. The number of fused-ring (bicyclic) bond motifs is 1. The van der Waals surface area contributed by atoms with E-state index in [1.807, 2.05) is 0 Å². The minimum atomic E-state index is -1.00. The maximum Gasteiger partial charge on any atom is 0.319 e. The molecule has 0 aromatic heterocycles. The Morgan fingerprint density at radius 3 is 2.56 bits per heavy atom. The summed E-state index contributed by atoms with van der Waals surface area (Å²) < 4.78 is 0. The lowest BCUT2D eigenvalue weighted by Crippen LogP contribution is -2.54. The zero-order valence-corrected chi connectivity index (χ0v) is 19.6. The van der Waals surface area contributed by atoms with E-state index in [2.05, 4.69) is 21.3 Å². The van der Waals surface area contributed by atoms with Crippen molar-refractivity contribution in [3.63, 3.8) is 0 Å². The molecule has 2 aliphatic heterocycles. The summed E-state index contributed by atoms with van der Waals surface area (Å²) in [6.07, 6.45) is 1.28. The van der Waals surface area contributed by atoms with Gasteiger partial charge in [-0.2, -0.15) is 0 Å². The second-order valence-corrected chi connectivity index (χ2v) is 8.47. The first-order chi connectivity index (χ1) is 17.3. The van der Waals surface area contributed by atoms with Crippen molar-refractivity contribution in [2.24, 2.45) is 0 Å². The molecule has 1 saturated heterocycles. The fraction of sp³-hybridized carbons (Fsp3) is 0.280. The van der Waals surface area contributed by atoms with Gasteiger partial charge in [0.1, 0.15) is 6.04 Å². The van der Waals surface area contributed by atoms with Crippen LogP contribution in [0.4, 0.5) is 10.5 Å². The van der Waals surface area contributed by atoms with E-state index in [-0.39, 0.29) is 29.9 Å². The van der Waals surface area contributed by atoms with Gasteiger partial charge in [0.2, 0.25) is 11.8 Å². The molecule has 1 unspecified atom stereocenters. The van der Waals surface area contributed by atoms with Gasteiger partial charge in [-0.25, -0.2) is 4.79 Å². The van der Waals surface area contributed by atoms with Crippen molar-refractivity contribution in [1.29, 1.82) is 0 Å². The second kappa shape index (κ2) is 10.4. The number of rotatable bonds is 7. The van der Waals surface area contributed by atoms with E-state index in [1.54, 1.807) is 42.5 Å². The SMILES string of the molecule is CNC(=O)c1cccc(NC(=O)NCCCc2ccc3c(c2)C(=O)N(C2CCC(=O)NC2=O)C3=O)c1. The predicted molar refractivity (Wildman–Crippen MR) is 128 cm³/mol. The van der Waals surface area contributed by atoms with Gasteiger partial charge in [-0.05, 0) is 55.2 Å². The minimum absolute atomic E-state index is 0.0646. The van der Waals surface area contributed by atoms with Gasteiger partial charge in [-0.1, -0.05) is 12.1 Å². The number of piperidine rings is 1. The molecule has 0 saturated carbocycles. The van der Waals surface area contributed by atoms with Crippen LogP contribution in [0.5, 0.6) is 0 Å². The first-order valence-corrected chi connectivity index (χ1v) is 11.5. The number of imide groups is 2. The molecule has 0 aliphatic carbocycles. The molecule has 7 amide bonds. The number of nitrogens with zero attached hydrogens (tertiary/aromatic N) is 1. The standard InChI is InChI=1S/C25H25N5O6/c1-26-21(32)15-5-2-6-16(13-15)28-25(36)27-11-3-4-14-7-8-17-18(12-14)24(35)30(23(17)34)19-9-10-20(31)29-22(19)33/h2,5-8,12-13,19H,3-4,9-11H2,1H3,(H,26,32)(H2,27,28,36)(H,29,31,33). The van der Waals surface area contributed by atoms with Crippen LogP contribution >= 0.6 is 0 Å². The predicted octanol–water partition coefficient (Wildman–Crippen LogP) is 1.20. The van der Waals surface area contributed by atoms with Crippen LogP contribution in [0.15, 0.2) is 42.5 Å². The molecule has 2 aromatic carbocycles. The lowest BCUT2D eigenvalue weighted by Gasteiger charge is -2.27. The van der Waals surface area contributed by atoms with Gasteiger partial charge in [0.15, 0.2) is 0 Å². The molecule has 1 fully saturated rings. The van der Waals surface area contributed by atoms with Crippen LogP contribution in [-0.4, -0.2) is 60.1 Å². The van der Waals surface area contributed by atoms with Crippen molar-refractivity contribution in [3.8, 4) is 0 Å². The maximum atomic E-state index is 12.9. The molecule has 2 heterocycles. The van der Waals surface area contributed by atoms with Crippen molar-refractivity contribution in [2.75, 3.05) is 18.9 Å². The van der Waals surface area contributed by atoms with Gasteiger partial charge in [-0.15, -0.1) is 0 Å². The Morgan fingerprint density at radius 1 is 1.03 bits per heavy atom.